The fourth-order valence-corrected chi connectivity index (χ4v) is 5.10. The van der Waals surface area contributed by atoms with Crippen molar-refractivity contribution in [3.8, 4) is 0 Å². The molecule has 6 nitrogen and oxygen atoms in total. The summed E-state index contributed by atoms with van der Waals surface area (Å²) in [6, 6.07) is 5.18. The molecule has 1 aromatic heterocycles. The van der Waals surface area contributed by atoms with Crippen LogP contribution >= 0.6 is 0 Å². The lowest BCUT2D eigenvalue weighted by Crippen LogP contribution is -2.29. The van der Waals surface area contributed by atoms with E-state index in [-0.39, 0.29) is 16.7 Å². The second-order valence-electron chi connectivity index (χ2n) is 6.67. The molecule has 24 heavy (non-hydrogen) atoms. The van der Waals surface area contributed by atoms with Gasteiger partial charge in [-0.05, 0) is 49.8 Å². The topological polar surface area (TPSA) is 79.0 Å². The van der Waals surface area contributed by atoms with Gasteiger partial charge in [-0.3, -0.25) is 5.10 Å². The van der Waals surface area contributed by atoms with Crippen LogP contribution in [0.25, 0.3) is 0 Å². The number of rotatable bonds is 4. The standard InChI is InChI=1S/C16H19FN4O2S/c1-10-18-16(20-19-10)15-9-21(8-14(15)11-5-6-11)24(22,23)13-4-2-3-12(17)7-13/h2-4,7,11,14-15H,5-6,8-9H2,1H3,(H,18,19,20)/t14-,15+/m0/s1. The minimum absolute atomic E-state index is 0.00358. The van der Waals surface area contributed by atoms with Crippen LogP contribution < -0.4 is 0 Å². The Hall–Kier alpha value is -1.80. The number of aromatic nitrogens is 3. The van der Waals surface area contributed by atoms with E-state index in [0.29, 0.717) is 24.8 Å². The molecule has 2 atom stereocenters. The lowest BCUT2D eigenvalue weighted by atomic mass is 9.91. The van der Waals surface area contributed by atoms with Crippen LogP contribution in [0.4, 0.5) is 4.39 Å². The Balaban J connectivity index is 1.65. The molecule has 128 valence electrons. The molecule has 1 N–H and O–H groups in total. The van der Waals surface area contributed by atoms with Gasteiger partial charge >= 0.3 is 0 Å². The van der Waals surface area contributed by atoms with E-state index in [4.69, 9.17) is 0 Å². The molecule has 0 radical (unpaired) electrons. The van der Waals surface area contributed by atoms with Crippen molar-refractivity contribution in [2.24, 2.45) is 11.8 Å². The van der Waals surface area contributed by atoms with Crippen molar-refractivity contribution in [3.63, 3.8) is 0 Å². The Morgan fingerprint density at radius 2 is 2.08 bits per heavy atom. The Kier molecular flexibility index (Phi) is 3.69. The quantitative estimate of drug-likeness (QED) is 0.915. The number of benzene rings is 1. The van der Waals surface area contributed by atoms with Gasteiger partial charge in [-0.25, -0.2) is 17.8 Å². The molecule has 2 aliphatic rings. The van der Waals surface area contributed by atoms with E-state index < -0.39 is 15.8 Å². The highest BCUT2D eigenvalue weighted by Gasteiger charge is 2.47. The highest BCUT2D eigenvalue weighted by Crippen LogP contribution is 2.47. The first-order chi connectivity index (χ1) is 11.4. The van der Waals surface area contributed by atoms with Gasteiger partial charge in [0.1, 0.15) is 11.6 Å². The Morgan fingerprint density at radius 3 is 2.71 bits per heavy atom. The first-order valence-corrected chi connectivity index (χ1v) is 9.54. The monoisotopic (exact) mass is 350 g/mol. The van der Waals surface area contributed by atoms with E-state index in [1.807, 2.05) is 6.92 Å². The fourth-order valence-electron chi connectivity index (χ4n) is 3.57. The number of H-pyrrole nitrogens is 1. The average Bonchev–Trinajstić information content (AvgIpc) is 3.14. The summed E-state index contributed by atoms with van der Waals surface area (Å²) in [4.78, 5) is 4.41. The highest BCUT2D eigenvalue weighted by molar-refractivity contribution is 7.89. The molecule has 2 fully saturated rings. The fraction of sp³-hybridized carbons (Fsp3) is 0.500. The minimum Gasteiger partial charge on any atom is -0.263 e. The van der Waals surface area contributed by atoms with Crippen molar-refractivity contribution < 1.29 is 12.8 Å². The van der Waals surface area contributed by atoms with E-state index in [1.165, 1.54) is 22.5 Å². The number of sulfonamides is 1. The molecule has 2 aromatic rings. The van der Waals surface area contributed by atoms with Crippen molar-refractivity contribution in [1.82, 2.24) is 19.5 Å². The molecule has 1 saturated heterocycles. The highest BCUT2D eigenvalue weighted by atomic mass is 32.2. The summed E-state index contributed by atoms with van der Waals surface area (Å²) < 4.78 is 40.6. The van der Waals surface area contributed by atoms with Crippen LogP contribution in [0.3, 0.4) is 0 Å². The number of hydrogen-bond donors (Lipinski definition) is 1. The SMILES string of the molecule is Cc1nc([C@@H]2CN(S(=O)(=O)c3cccc(F)c3)C[C@H]2C2CC2)n[nH]1. The van der Waals surface area contributed by atoms with Gasteiger partial charge in [-0.2, -0.15) is 9.40 Å². The third kappa shape index (κ3) is 2.73. The maximum atomic E-state index is 13.4. The van der Waals surface area contributed by atoms with E-state index in [2.05, 4.69) is 15.2 Å². The third-order valence-corrected chi connectivity index (χ3v) is 6.77. The van der Waals surface area contributed by atoms with Crippen LogP contribution in [-0.2, 0) is 10.0 Å². The number of halogens is 1. The van der Waals surface area contributed by atoms with Gasteiger partial charge in [0.2, 0.25) is 10.0 Å². The van der Waals surface area contributed by atoms with Crippen molar-refractivity contribution in [2.45, 2.75) is 30.6 Å². The summed E-state index contributed by atoms with van der Waals surface area (Å²) in [5.41, 5.74) is 0. The van der Waals surface area contributed by atoms with E-state index in [1.54, 1.807) is 0 Å². The predicted molar refractivity (Wildman–Crippen MR) is 85.2 cm³/mol. The van der Waals surface area contributed by atoms with Gasteiger partial charge in [0, 0.05) is 19.0 Å². The van der Waals surface area contributed by atoms with Crippen molar-refractivity contribution in [3.05, 3.63) is 41.7 Å². The number of aryl methyl sites for hydroxylation is 1. The lowest BCUT2D eigenvalue weighted by molar-refractivity contribution is 0.423. The molecule has 1 aromatic carbocycles. The molecule has 0 amide bonds. The van der Waals surface area contributed by atoms with Crippen molar-refractivity contribution in [1.29, 1.82) is 0 Å². The van der Waals surface area contributed by atoms with E-state index >= 15 is 0 Å². The Labute approximate surface area is 140 Å². The molecule has 1 aliphatic heterocycles. The number of nitrogens with zero attached hydrogens (tertiary/aromatic N) is 3. The smallest absolute Gasteiger partial charge is 0.243 e. The molecule has 4 rings (SSSR count). The van der Waals surface area contributed by atoms with Crippen LogP contribution in [0, 0.1) is 24.6 Å². The maximum Gasteiger partial charge on any atom is 0.243 e. The van der Waals surface area contributed by atoms with Gasteiger partial charge in [0.05, 0.1) is 4.90 Å². The van der Waals surface area contributed by atoms with Crippen LogP contribution in [0.5, 0.6) is 0 Å². The normalized spacial score (nSPS) is 25.2. The zero-order valence-electron chi connectivity index (χ0n) is 13.3. The second-order valence-corrected chi connectivity index (χ2v) is 8.60. The summed E-state index contributed by atoms with van der Waals surface area (Å²) in [6.07, 6.45) is 2.25. The molecule has 0 bridgehead atoms. The molecule has 2 heterocycles. The zero-order chi connectivity index (χ0) is 16.9. The lowest BCUT2D eigenvalue weighted by Gasteiger charge is -2.16. The van der Waals surface area contributed by atoms with Crippen LogP contribution in [0.2, 0.25) is 0 Å². The third-order valence-electron chi connectivity index (χ3n) is 4.94. The molecular weight excluding hydrogens is 331 g/mol. The predicted octanol–water partition coefficient (Wildman–Crippen LogP) is 2.07. The Bertz CT molecular complexity index is 862. The van der Waals surface area contributed by atoms with Gasteiger partial charge < -0.3 is 0 Å². The molecule has 0 unspecified atom stereocenters. The maximum absolute atomic E-state index is 13.4. The van der Waals surface area contributed by atoms with Crippen molar-refractivity contribution >= 4 is 10.0 Å². The summed E-state index contributed by atoms with van der Waals surface area (Å²) in [5.74, 6) is 1.61. The first kappa shape index (κ1) is 15.7. The van der Waals surface area contributed by atoms with Crippen LogP contribution in [0.1, 0.15) is 30.4 Å². The van der Waals surface area contributed by atoms with E-state index in [0.717, 1.165) is 24.7 Å². The molecule has 0 spiro atoms. The molecular formula is C16H19FN4O2S. The average molecular weight is 350 g/mol. The minimum atomic E-state index is -3.71. The summed E-state index contributed by atoms with van der Waals surface area (Å²) >= 11 is 0. The van der Waals surface area contributed by atoms with Gasteiger partial charge in [0.15, 0.2) is 5.82 Å². The summed E-state index contributed by atoms with van der Waals surface area (Å²) in [5, 5.41) is 7.08. The zero-order valence-corrected chi connectivity index (χ0v) is 14.1. The van der Waals surface area contributed by atoms with Gasteiger partial charge in [-0.1, -0.05) is 6.07 Å². The van der Waals surface area contributed by atoms with Crippen molar-refractivity contribution in [2.75, 3.05) is 13.1 Å². The second kappa shape index (κ2) is 5.63. The number of nitrogens with one attached hydrogen (secondary N) is 1. The van der Waals surface area contributed by atoms with Gasteiger partial charge in [-0.15, -0.1) is 0 Å². The van der Waals surface area contributed by atoms with Gasteiger partial charge in [0.25, 0.3) is 0 Å². The summed E-state index contributed by atoms with van der Waals surface area (Å²) in [6.45, 7) is 2.62. The largest absolute Gasteiger partial charge is 0.263 e. The number of aromatic amines is 1. The molecule has 8 heteroatoms. The van der Waals surface area contributed by atoms with Crippen LogP contribution in [-0.4, -0.2) is 41.0 Å². The van der Waals surface area contributed by atoms with Crippen LogP contribution in [0.15, 0.2) is 29.2 Å². The molecule has 1 saturated carbocycles. The Morgan fingerprint density at radius 1 is 1.29 bits per heavy atom. The number of hydrogen-bond acceptors (Lipinski definition) is 4. The molecule has 1 aliphatic carbocycles. The van der Waals surface area contributed by atoms with E-state index in [9.17, 15) is 12.8 Å². The first-order valence-electron chi connectivity index (χ1n) is 8.10. The summed E-state index contributed by atoms with van der Waals surface area (Å²) in [7, 11) is -3.71.